The SMILES string of the molecule is N#Cc1c(N)[nH]c(=O)c(C#N)c1-c1cc(I)cc(C(F)(F)F)c1. The molecule has 1 heterocycles. The minimum Gasteiger partial charge on any atom is -0.384 e. The Bertz CT molecular complexity index is 935. The summed E-state index contributed by atoms with van der Waals surface area (Å²) in [6.07, 6.45) is -4.61. The van der Waals surface area contributed by atoms with Crippen molar-refractivity contribution in [2.24, 2.45) is 0 Å². The Hall–Kier alpha value is -2.53. The topological polar surface area (TPSA) is 106 Å². The van der Waals surface area contributed by atoms with Crippen molar-refractivity contribution < 1.29 is 13.2 Å². The molecule has 0 aliphatic carbocycles. The molecule has 0 aliphatic rings. The van der Waals surface area contributed by atoms with E-state index in [9.17, 15) is 23.2 Å². The number of aromatic nitrogens is 1. The van der Waals surface area contributed by atoms with E-state index in [1.807, 2.05) is 0 Å². The van der Waals surface area contributed by atoms with Gasteiger partial charge in [0.2, 0.25) is 0 Å². The van der Waals surface area contributed by atoms with Crippen molar-refractivity contribution in [2.45, 2.75) is 6.18 Å². The van der Waals surface area contributed by atoms with Crippen LogP contribution < -0.4 is 11.3 Å². The lowest BCUT2D eigenvalue weighted by molar-refractivity contribution is -0.137. The Balaban J connectivity index is 2.94. The smallest absolute Gasteiger partial charge is 0.384 e. The lowest BCUT2D eigenvalue weighted by Crippen LogP contribution is -2.16. The number of anilines is 1. The number of alkyl halides is 3. The van der Waals surface area contributed by atoms with Crippen LogP contribution in [0.25, 0.3) is 11.1 Å². The van der Waals surface area contributed by atoms with E-state index in [1.165, 1.54) is 6.07 Å². The molecule has 2 rings (SSSR count). The van der Waals surface area contributed by atoms with Gasteiger partial charge in [0.25, 0.3) is 5.56 Å². The number of H-pyrrole nitrogens is 1. The van der Waals surface area contributed by atoms with Crippen LogP contribution in [0.5, 0.6) is 0 Å². The summed E-state index contributed by atoms with van der Waals surface area (Å²) in [6.45, 7) is 0. The monoisotopic (exact) mass is 430 g/mol. The quantitative estimate of drug-likeness (QED) is 0.679. The summed E-state index contributed by atoms with van der Waals surface area (Å²) in [5, 5.41) is 18.3. The number of benzene rings is 1. The Kier molecular flexibility index (Phi) is 4.34. The summed E-state index contributed by atoms with van der Waals surface area (Å²) < 4.78 is 39.1. The number of nitrogens with zero attached hydrogens (tertiary/aromatic N) is 2. The second-order valence-corrected chi connectivity index (χ2v) is 5.69. The van der Waals surface area contributed by atoms with Gasteiger partial charge < -0.3 is 10.7 Å². The van der Waals surface area contributed by atoms with Gasteiger partial charge in [0.1, 0.15) is 29.1 Å². The first-order valence-electron chi connectivity index (χ1n) is 5.93. The Morgan fingerprint density at radius 2 is 1.74 bits per heavy atom. The number of nitrogens with two attached hydrogens (primary N) is 1. The number of hydrogen-bond donors (Lipinski definition) is 2. The fourth-order valence-electron chi connectivity index (χ4n) is 2.03. The molecule has 116 valence electrons. The zero-order valence-corrected chi connectivity index (χ0v) is 13.3. The van der Waals surface area contributed by atoms with Gasteiger partial charge in [-0.3, -0.25) is 4.79 Å². The van der Waals surface area contributed by atoms with Crippen molar-refractivity contribution >= 4 is 28.4 Å². The summed E-state index contributed by atoms with van der Waals surface area (Å²) in [5.41, 5.74) is 2.72. The second kappa shape index (κ2) is 5.93. The fourth-order valence-corrected chi connectivity index (χ4v) is 2.70. The van der Waals surface area contributed by atoms with Crippen LogP contribution in [0.2, 0.25) is 0 Å². The zero-order chi connectivity index (χ0) is 17.4. The van der Waals surface area contributed by atoms with E-state index in [0.29, 0.717) is 0 Å². The maximum absolute atomic E-state index is 13.0. The highest BCUT2D eigenvalue weighted by Gasteiger charge is 2.32. The molecule has 0 bridgehead atoms. The molecule has 0 aliphatic heterocycles. The number of halogens is 4. The third-order valence-corrected chi connectivity index (χ3v) is 3.60. The van der Waals surface area contributed by atoms with E-state index < -0.39 is 22.9 Å². The van der Waals surface area contributed by atoms with Crippen LogP contribution in [0.3, 0.4) is 0 Å². The van der Waals surface area contributed by atoms with E-state index in [4.69, 9.17) is 11.0 Å². The number of nitrogens with one attached hydrogen (secondary N) is 1. The molecule has 0 saturated heterocycles. The maximum atomic E-state index is 13.0. The van der Waals surface area contributed by atoms with Crippen molar-refractivity contribution in [2.75, 3.05) is 5.73 Å². The summed E-state index contributed by atoms with van der Waals surface area (Å²) in [7, 11) is 0. The molecule has 23 heavy (non-hydrogen) atoms. The van der Waals surface area contributed by atoms with E-state index in [1.54, 1.807) is 34.7 Å². The van der Waals surface area contributed by atoms with Gasteiger partial charge in [-0.05, 0) is 46.4 Å². The average Bonchev–Trinajstić information content (AvgIpc) is 2.45. The highest BCUT2D eigenvalue weighted by atomic mass is 127. The van der Waals surface area contributed by atoms with Crippen molar-refractivity contribution in [3.63, 3.8) is 0 Å². The molecule has 0 atom stereocenters. The third-order valence-electron chi connectivity index (χ3n) is 2.98. The molecular formula is C14H6F3IN4O. The predicted octanol–water partition coefficient (Wildman–Crippen LogP) is 2.99. The van der Waals surface area contributed by atoms with Gasteiger partial charge in [-0.25, -0.2) is 0 Å². The minimum absolute atomic E-state index is 0.0740. The first-order chi connectivity index (χ1) is 10.7. The highest BCUT2D eigenvalue weighted by Crippen LogP contribution is 2.36. The van der Waals surface area contributed by atoms with E-state index >= 15 is 0 Å². The van der Waals surface area contributed by atoms with Gasteiger partial charge in [0.05, 0.1) is 5.56 Å². The largest absolute Gasteiger partial charge is 0.416 e. The first kappa shape index (κ1) is 16.8. The van der Waals surface area contributed by atoms with Gasteiger partial charge in [-0.1, -0.05) is 0 Å². The zero-order valence-electron chi connectivity index (χ0n) is 11.1. The number of nitriles is 2. The fraction of sp³-hybridized carbons (Fsp3) is 0.0714. The Morgan fingerprint density at radius 1 is 1.13 bits per heavy atom. The Morgan fingerprint density at radius 3 is 2.26 bits per heavy atom. The van der Waals surface area contributed by atoms with Crippen LogP contribution in [0.4, 0.5) is 19.0 Å². The lowest BCUT2D eigenvalue weighted by Gasteiger charge is -2.13. The van der Waals surface area contributed by atoms with E-state index in [2.05, 4.69) is 4.98 Å². The normalized spacial score (nSPS) is 10.9. The van der Waals surface area contributed by atoms with Crippen LogP contribution >= 0.6 is 22.6 Å². The van der Waals surface area contributed by atoms with Crippen molar-refractivity contribution in [1.29, 1.82) is 10.5 Å². The maximum Gasteiger partial charge on any atom is 0.416 e. The van der Waals surface area contributed by atoms with Crippen molar-refractivity contribution in [3.8, 4) is 23.3 Å². The summed E-state index contributed by atoms with van der Waals surface area (Å²) >= 11 is 1.68. The minimum atomic E-state index is -4.61. The number of aromatic amines is 1. The molecule has 1 aromatic carbocycles. The predicted molar refractivity (Wildman–Crippen MR) is 84.1 cm³/mol. The van der Waals surface area contributed by atoms with Gasteiger partial charge in [-0.15, -0.1) is 0 Å². The number of nitrogen functional groups attached to an aromatic ring is 1. The summed E-state index contributed by atoms with van der Waals surface area (Å²) in [5.74, 6) is -0.307. The lowest BCUT2D eigenvalue weighted by atomic mass is 9.95. The Labute approximate surface area is 141 Å². The molecule has 1 aromatic heterocycles. The first-order valence-corrected chi connectivity index (χ1v) is 7.01. The molecule has 0 unspecified atom stereocenters. The van der Waals surface area contributed by atoms with Gasteiger partial charge in [-0.2, -0.15) is 23.7 Å². The third kappa shape index (κ3) is 3.14. The van der Waals surface area contributed by atoms with Gasteiger partial charge in [0.15, 0.2) is 0 Å². The number of rotatable bonds is 1. The molecular weight excluding hydrogens is 424 g/mol. The number of hydrogen-bond acceptors (Lipinski definition) is 4. The van der Waals surface area contributed by atoms with Gasteiger partial charge >= 0.3 is 6.18 Å². The van der Waals surface area contributed by atoms with Crippen LogP contribution in [0.15, 0.2) is 23.0 Å². The van der Waals surface area contributed by atoms with Crippen LogP contribution in [-0.4, -0.2) is 4.98 Å². The molecule has 5 nitrogen and oxygen atoms in total. The molecule has 0 radical (unpaired) electrons. The van der Waals surface area contributed by atoms with Gasteiger partial charge in [0, 0.05) is 9.13 Å². The van der Waals surface area contributed by atoms with Crippen LogP contribution in [0.1, 0.15) is 16.7 Å². The van der Waals surface area contributed by atoms with Crippen LogP contribution in [0, 0.1) is 26.2 Å². The molecule has 0 amide bonds. The highest BCUT2D eigenvalue weighted by molar-refractivity contribution is 14.1. The molecule has 0 saturated carbocycles. The summed E-state index contributed by atoms with van der Waals surface area (Å²) in [4.78, 5) is 13.9. The molecule has 3 N–H and O–H groups in total. The van der Waals surface area contributed by atoms with Crippen molar-refractivity contribution in [1.82, 2.24) is 4.98 Å². The van der Waals surface area contributed by atoms with E-state index in [0.717, 1.165) is 12.1 Å². The number of pyridine rings is 1. The molecule has 9 heteroatoms. The average molecular weight is 430 g/mol. The van der Waals surface area contributed by atoms with Crippen molar-refractivity contribution in [3.05, 3.63) is 48.8 Å². The van der Waals surface area contributed by atoms with E-state index in [-0.39, 0.29) is 26.1 Å². The second-order valence-electron chi connectivity index (χ2n) is 4.44. The van der Waals surface area contributed by atoms with Crippen LogP contribution in [-0.2, 0) is 6.18 Å². The molecule has 0 fully saturated rings. The molecule has 2 aromatic rings. The molecule has 0 spiro atoms. The summed E-state index contributed by atoms with van der Waals surface area (Å²) in [6, 6.07) is 6.35. The standard InChI is InChI=1S/C14H6F3IN4O/c15-14(16,17)7-1-6(2-8(18)3-7)11-9(4-19)12(21)22-13(23)10(11)5-20/h1-3H,(H3,21,22,23).